The first-order chi connectivity index (χ1) is 11.5. The van der Waals surface area contributed by atoms with Crippen molar-refractivity contribution in [2.24, 2.45) is 0 Å². The Hall–Kier alpha value is -2.54. The number of aliphatic hydroxyl groups is 1. The van der Waals surface area contributed by atoms with Crippen LogP contribution >= 0.6 is 0 Å². The predicted octanol–water partition coefficient (Wildman–Crippen LogP) is 3.45. The number of ether oxygens (including phenoxy) is 1. The number of hydrogen-bond acceptors (Lipinski definition) is 4. The zero-order chi connectivity index (χ0) is 17.5. The van der Waals surface area contributed by atoms with E-state index in [2.05, 4.69) is 10.6 Å². The maximum Gasteiger partial charge on any atom is 0.319 e. The Labute approximate surface area is 139 Å². The molecular formula is C17H21FN2O4. The minimum absolute atomic E-state index is 0.260. The Balaban J connectivity index is 1.90. The minimum atomic E-state index is -0.805. The minimum Gasteiger partial charge on any atom is -0.492 e. The van der Waals surface area contributed by atoms with E-state index in [0.717, 1.165) is 0 Å². The molecule has 24 heavy (non-hydrogen) atoms. The van der Waals surface area contributed by atoms with Gasteiger partial charge >= 0.3 is 6.03 Å². The van der Waals surface area contributed by atoms with Gasteiger partial charge in [-0.25, -0.2) is 9.18 Å². The second-order valence-electron chi connectivity index (χ2n) is 5.34. The predicted molar refractivity (Wildman–Crippen MR) is 87.5 cm³/mol. The second-order valence-corrected chi connectivity index (χ2v) is 5.34. The van der Waals surface area contributed by atoms with Crippen molar-refractivity contribution < 1.29 is 23.4 Å². The lowest BCUT2D eigenvalue weighted by Gasteiger charge is -2.18. The summed E-state index contributed by atoms with van der Waals surface area (Å²) in [5.74, 6) is 0.261. The molecule has 0 unspecified atom stereocenters. The van der Waals surface area contributed by atoms with E-state index in [0.29, 0.717) is 24.5 Å². The number of aliphatic hydroxyl groups excluding tert-OH is 1. The molecule has 1 heterocycles. The van der Waals surface area contributed by atoms with E-state index < -0.39 is 18.0 Å². The average Bonchev–Trinajstić information content (AvgIpc) is 3.04. The van der Waals surface area contributed by atoms with E-state index >= 15 is 0 Å². The Morgan fingerprint density at radius 1 is 1.42 bits per heavy atom. The molecule has 7 heteroatoms. The van der Waals surface area contributed by atoms with Crippen LogP contribution in [0, 0.1) is 5.82 Å². The lowest BCUT2D eigenvalue weighted by molar-refractivity contribution is 0.130. The lowest BCUT2D eigenvalue weighted by atomic mass is 10.1. The first-order valence-electron chi connectivity index (χ1n) is 7.71. The summed E-state index contributed by atoms with van der Waals surface area (Å²) in [6, 6.07) is 6.47. The van der Waals surface area contributed by atoms with Gasteiger partial charge in [0.15, 0.2) is 0 Å². The first kappa shape index (κ1) is 17.8. The van der Waals surface area contributed by atoms with Gasteiger partial charge in [-0.05, 0) is 38.1 Å². The van der Waals surface area contributed by atoms with Crippen molar-refractivity contribution in [2.75, 3.05) is 11.9 Å². The normalized spacial score (nSPS) is 13.2. The van der Waals surface area contributed by atoms with E-state index in [1.807, 2.05) is 0 Å². The molecule has 0 saturated carbocycles. The fraction of sp³-hybridized carbons (Fsp3) is 0.353. The zero-order valence-electron chi connectivity index (χ0n) is 13.6. The van der Waals surface area contributed by atoms with Crippen LogP contribution in [0.5, 0.6) is 5.75 Å². The fourth-order valence-electron chi connectivity index (χ4n) is 2.25. The topological polar surface area (TPSA) is 83.7 Å². The van der Waals surface area contributed by atoms with Crippen LogP contribution in [0.15, 0.2) is 41.0 Å². The summed E-state index contributed by atoms with van der Waals surface area (Å²) >= 11 is 0. The van der Waals surface area contributed by atoms with E-state index in [1.165, 1.54) is 24.5 Å². The summed E-state index contributed by atoms with van der Waals surface area (Å²) in [4.78, 5) is 12.1. The van der Waals surface area contributed by atoms with Crippen molar-refractivity contribution in [2.45, 2.75) is 32.4 Å². The highest BCUT2D eigenvalue weighted by Gasteiger charge is 2.17. The standard InChI is InChI=1S/C17H21FN2O4/c1-3-23-16-10-12(18)6-7-13(16)20-17(22)19-11(2)9-14(21)15-5-4-8-24-15/h4-8,10-11,14,21H,3,9H2,1-2H3,(H2,19,20,22)/t11-,14+/m1/s1. The van der Waals surface area contributed by atoms with Crippen molar-refractivity contribution in [1.29, 1.82) is 0 Å². The van der Waals surface area contributed by atoms with Gasteiger partial charge in [-0.1, -0.05) is 0 Å². The van der Waals surface area contributed by atoms with Crippen molar-refractivity contribution in [3.63, 3.8) is 0 Å². The number of rotatable bonds is 7. The third-order valence-electron chi connectivity index (χ3n) is 3.32. The summed E-state index contributed by atoms with van der Waals surface area (Å²) in [5.41, 5.74) is 0.370. The molecule has 1 aromatic carbocycles. The van der Waals surface area contributed by atoms with Crippen LogP contribution in [0.2, 0.25) is 0 Å². The van der Waals surface area contributed by atoms with E-state index in [1.54, 1.807) is 26.0 Å². The van der Waals surface area contributed by atoms with Gasteiger partial charge in [-0.15, -0.1) is 0 Å². The van der Waals surface area contributed by atoms with E-state index in [9.17, 15) is 14.3 Å². The molecule has 0 fully saturated rings. The number of carbonyl (C=O) groups is 1. The number of furan rings is 1. The second kappa shape index (κ2) is 8.35. The van der Waals surface area contributed by atoms with Crippen molar-refractivity contribution >= 4 is 11.7 Å². The van der Waals surface area contributed by atoms with Crippen LogP contribution < -0.4 is 15.4 Å². The van der Waals surface area contributed by atoms with Gasteiger partial charge in [-0.2, -0.15) is 0 Å². The third kappa shape index (κ3) is 4.99. The number of urea groups is 1. The highest BCUT2D eigenvalue weighted by molar-refractivity contribution is 5.91. The van der Waals surface area contributed by atoms with E-state index in [-0.39, 0.29) is 11.8 Å². The Morgan fingerprint density at radius 3 is 2.88 bits per heavy atom. The van der Waals surface area contributed by atoms with Crippen LogP contribution in [0.3, 0.4) is 0 Å². The molecule has 2 amide bonds. The van der Waals surface area contributed by atoms with Gasteiger partial charge < -0.3 is 24.9 Å². The smallest absolute Gasteiger partial charge is 0.319 e. The Bertz CT molecular complexity index is 661. The summed E-state index contributed by atoms with van der Waals surface area (Å²) in [7, 11) is 0. The van der Waals surface area contributed by atoms with Gasteiger partial charge in [-0.3, -0.25) is 0 Å². The SMILES string of the molecule is CCOc1cc(F)ccc1NC(=O)N[C@H](C)C[C@H](O)c1ccco1. The zero-order valence-corrected chi connectivity index (χ0v) is 13.6. The van der Waals surface area contributed by atoms with Crippen LogP contribution in [-0.2, 0) is 0 Å². The summed E-state index contributed by atoms with van der Waals surface area (Å²) < 4.78 is 23.7. The highest BCUT2D eigenvalue weighted by atomic mass is 19.1. The van der Waals surface area contributed by atoms with E-state index in [4.69, 9.17) is 9.15 Å². The average molecular weight is 336 g/mol. The number of amides is 2. The quantitative estimate of drug-likeness (QED) is 0.723. The molecule has 3 N–H and O–H groups in total. The molecule has 0 saturated heterocycles. The summed E-state index contributed by atoms with van der Waals surface area (Å²) in [6.07, 6.45) is 0.968. The number of benzene rings is 1. The van der Waals surface area contributed by atoms with Gasteiger partial charge in [0, 0.05) is 18.5 Å². The van der Waals surface area contributed by atoms with Crippen molar-refractivity contribution in [1.82, 2.24) is 5.32 Å². The fourth-order valence-corrected chi connectivity index (χ4v) is 2.25. The third-order valence-corrected chi connectivity index (χ3v) is 3.32. The molecule has 0 radical (unpaired) electrons. The molecule has 0 spiro atoms. The van der Waals surface area contributed by atoms with Crippen molar-refractivity contribution in [3.8, 4) is 5.75 Å². The maximum atomic E-state index is 13.3. The summed E-state index contributed by atoms with van der Waals surface area (Å²) in [6.45, 7) is 3.89. The molecule has 0 aliphatic heterocycles. The Kier molecular flexibility index (Phi) is 6.20. The molecule has 0 aliphatic carbocycles. The molecule has 0 bridgehead atoms. The van der Waals surface area contributed by atoms with Crippen LogP contribution in [0.25, 0.3) is 0 Å². The molecule has 2 rings (SSSR count). The van der Waals surface area contributed by atoms with Gasteiger partial charge in [0.2, 0.25) is 0 Å². The largest absolute Gasteiger partial charge is 0.492 e. The lowest BCUT2D eigenvalue weighted by Crippen LogP contribution is -2.37. The number of carbonyl (C=O) groups excluding carboxylic acids is 1. The molecule has 2 aromatic rings. The molecule has 130 valence electrons. The monoisotopic (exact) mass is 336 g/mol. The van der Waals surface area contributed by atoms with Gasteiger partial charge in [0.1, 0.15) is 23.4 Å². The number of hydrogen-bond donors (Lipinski definition) is 3. The summed E-state index contributed by atoms with van der Waals surface area (Å²) in [5, 5.41) is 15.3. The molecular weight excluding hydrogens is 315 g/mol. The van der Waals surface area contributed by atoms with Gasteiger partial charge in [0.25, 0.3) is 0 Å². The molecule has 2 atom stereocenters. The van der Waals surface area contributed by atoms with Gasteiger partial charge in [0.05, 0.1) is 18.6 Å². The Morgan fingerprint density at radius 2 is 2.21 bits per heavy atom. The van der Waals surface area contributed by atoms with Crippen LogP contribution in [0.1, 0.15) is 32.1 Å². The first-order valence-corrected chi connectivity index (χ1v) is 7.71. The van der Waals surface area contributed by atoms with Crippen LogP contribution in [0.4, 0.5) is 14.9 Å². The molecule has 0 aliphatic rings. The van der Waals surface area contributed by atoms with Crippen LogP contribution in [-0.4, -0.2) is 23.8 Å². The number of anilines is 1. The number of nitrogens with one attached hydrogen (secondary N) is 2. The van der Waals surface area contributed by atoms with Crippen molar-refractivity contribution in [3.05, 3.63) is 48.2 Å². The number of halogens is 1. The maximum absolute atomic E-state index is 13.3. The molecule has 6 nitrogen and oxygen atoms in total. The highest BCUT2D eigenvalue weighted by Crippen LogP contribution is 2.25. The molecule has 1 aromatic heterocycles.